The summed E-state index contributed by atoms with van der Waals surface area (Å²) in [5.74, 6) is -0.484. The van der Waals surface area contributed by atoms with Crippen LogP contribution in [0.3, 0.4) is 0 Å². The average molecular weight is 506 g/mol. The van der Waals surface area contributed by atoms with E-state index in [1.54, 1.807) is 0 Å². The standard InChI is InChI=1S/C20H35N4O9P/c1-4-6-13(7-5-2)19(26)31-11-9-22-34(28,29)32-12-14-16(25)17(30-3)18(33-14)24-10-8-15(21)23-20(24)27/h8,10,13-14,16-18,25H,4-7,9,11-12H2,1-3H3,(H2,21,23,27)(H2,22,28,29)/t14-,16?,17?,18-/m1/s1. The third kappa shape index (κ3) is 7.84. The molecule has 1 fully saturated rings. The lowest BCUT2D eigenvalue weighted by atomic mass is 9.99. The Kier molecular flexibility index (Phi) is 11.1. The largest absolute Gasteiger partial charge is 0.464 e. The number of anilines is 1. The van der Waals surface area contributed by atoms with Crippen molar-refractivity contribution in [2.75, 3.05) is 32.6 Å². The van der Waals surface area contributed by atoms with Crippen molar-refractivity contribution in [1.82, 2.24) is 14.6 Å². The van der Waals surface area contributed by atoms with E-state index in [9.17, 15) is 24.2 Å². The number of nitrogens with one attached hydrogen (secondary N) is 1. The Balaban J connectivity index is 1.85. The second-order valence-corrected chi connectivity index (χ2v) is 9.58. The fraction of sp³-hybridized carbons (Fsp3) is 0.750. The minimum absolute atomic E-state index is 0.0258. The molecule has 0 saturated carbocycles. The van der Waals surface area contributed by atoms with Crippen molar-refractivity contribution in [1.29, 1.82) is 0 Å². The molecule has 13 nitrogen and oxygen atoms in total. The molecule has 5 N–H and O–H groups in total. The van der Waals surface area contributed by atoms with E-state index in [1.165, 1.54) is 19.4 Å². The summed E-state index contributed by atoms with van der Waals surface area (Å²) in [5, 5.41) is 12.8. The van der Waals surface area contributed by atoms with Gasteiger partial charge < -0.3 is 29.9 Å². The highest BCUT2D eigenvalue weighted by molar-refractivity contribution is 7.50. The highest BCUT2D eigenvalue weighted by Crippen LogP contribution is 2.39. The van der Waals surface area contributed by atoms with Gasteiger partial charge in [-0.2, -0.15) is 4.98 Å². The number of aliphatic hydroxyl groups excluding tert-OH is 1. The van der Waals surface area contributed by atoms with E-state index in [0.717, 1.165) is 30.3 Å². The first-order valence-corrected chi connectivity index (χ1v) is 12.8. The van der Waals surface area contributed by atoms with Crippen molar-refractivity contribution in [3.63, 3.8) is 0 Å². The molecule has 1 aromatic rings. The van der Waals surface area contributed by atoms with Gasteiger partial charge in [-0.1, -0.05) is 26.7 Å². The number of hydrogen-bond donors (Lipinski definition) is 4. The molecule has 2 rings (SSSR count). The van der Waals surface area contributed by atoms with Gasteiger partial charge in [-0.05, 0) is 18.9 Å². The van der Waals surface area contributed by atoms with Crippen LogP contribution in [0.5, 0.6) is 0 Å². The first-order chi connectivity index (χ1) is 16.1. The third-order valence-corrected chi connectivity index (χ3v) is 6.51. The number of aliphatic hydroxyl groups is 1. The zero-order chi connectivity index (χ0) is 25.3. The number of hydrogen-bond acceptors (Lipinski definition) is 10. The van der Waals surface area contributed by atoms with Crippen LogP contribution in [0.15, 0.2) is 17.1 Å². The van der Waals surface area contributed by atoms with Crippen molar-refractivity contribution in [3.8, 4) is 0 Å². The fourth-order valence-corrected chi connectivity index (χ4v) is 4.52. The van der Waals surface area contributed by atoms with Crippen LogP contribution in [0.25, 0.3) is 0 Å². The Morgan fingerprint density at radius 3 is 2.65 bits per heavy atom. The molecule has 0 bridgehead atoms. The van der Waals surface area contributed by atoms with Crippen LogP contribution in [0.4, 0.5) is 5.82 Å². The van der Waals surface area contributed by atoms with E-state index < -0.39 is 44.6 Å². The van der Waals surface area contributed by atoms with Gasteiger partial charge in [0.15, 0.2) is 6.23 Å². The molecule has 1 aliphatic heterocycles. The molecule has 0 amide bonds. The van der Waals surface area contributed by atoms with Gasteiger partial charge in [-0.15, -0.1) is 0 Å². The summed E-state index contributed by atoms with van der Waals surface area (Å²) >= 11 is 0. The smallest absolute Gasteiger partial charge is 0.403 e. The Labute approximate surface area is 198 Å². The third-order valence-electron chi connectivity index (χ3n) is 5.39. The second kappa shape index (κ2) is 13.3. The Bertz CT molecular complexity index is 893. The maximum atomic E-state index is 12.3. The molecule has 1 saturated heterocycles. The zero-order valence-electron chi connectivity index (χ0n) is 19.7. The molecule has 0 aliphatic carbocycles. The minimum atomic E-state index is -4.29. The minimum Gasteiger partial charge on any atom is -0.464 e. The quantitative estimate of drug-likeness (QED) is 0.156. The molecule has 5 atom stereocenters. The molecule has 0 spiro atoms. The van der Waals surface area contributed by atoms with E-state index in [0.29, 0.717) is 0 Å². The first-order valence-electron chi connectivity index (χ1n) is 11.2. The normalized spacial score (nSPS) is 24.3. The van der Waals surface area contributed by atoms with Crippen LogP contribution < -0.4 is 16.5 Å². The lowest BCUT2D eigenvalue weighted by Crippen LogP contribution is -2.37. The van der Waals surface area contributed by atoms with Gasteiger partial charge in [0, 0.05) is 19.9 Å². The van der Waals surface area contributed by atoms with Crippen molar-refractivity contribution < 1.29 is 38.1 Å². The monoisotopic (exact) mass is 506 g/mol. The summed E-state index contributed by atoms with van der Waals surface area (Å²) in [4.78, 5) is 37.9. The molecular formula is C20H35N4O9P. The Hall–Kier alpha value is -1.86. The maximum Gasteiger partial charge on any atom is 0.403 e. The fourth-order valence-electron chi connectivity index (χ4n) is 3.71. The average Bonchev–Trinajstić information content (AvgIpc) is 3.10. The number of nitrogen functional groups attached to an aromatic ring is 1. The highest BCUT2D eigenvalue weighted by Gasteiger charge is 2.46. The van der Waals surface area contributed by atoms with E-state index in [1.807, 2.05) is 13.8 Å². The summed E-state index contributed by atoms with van der Waals surface area (Å²) in [5.41, 5.74) is 4.79. The number of aromatic nitrogens is 2. The van der Waals surface area contributed by atoms with Crippen LogP contribution in [-0.2, 0) is 28.1 Å². The van der Waals surface area contributed by atoms with E-state index in [-0.39, 0.29) is 30.9 Å². The van der Waals surface area contributed by atoms with Gasteiger partial charge >= 0.3 is 19.4 Å². The number of methoxy groups -OCH3 is 1. The van der Waals surface area contributed by atoms with Crippen LogP contribution in [-0.4, -0.2) is 70.7 Å². The van der Waals surface area contributed by atoms with Gasteiger partial charge in [-0.3, -0.25) is 13.9 Å². The van der Waals surface area contributed by atoms with E-state index >= 15 is 0 Å². The van der Waals surface area contributed by atoms with Gasteiger partial charge in [0.05, 0.1) is 12.5 Å². The second-order valence-electron chi connectivity index (χ2n) is 7.96. The lowest BCUT2D eigenvalue weighted by Gasteiger charge is -2.20. The molecule has 1 aliphatic rings. The molecule has 3 unspecified atom stereocenters. The molecule has 14 heteroatoms. The lowest BCUT2D eigenvalue weighted by molar-refractivity contribution is -0.148. The van der Waals surface area contributed by atoms with Gasteiger partial charge in [-0.25, -0.2) is 14.4 Å². The predicted octanol–water partition coefficient (Wildman–Crippen LogP) is 0.565. The molecule has 2 heterocycles. The number of ether oxygens (including phenoxy) is 3. The van der Waals surface area contributed by atoms with Crippen LogP contribution in [0.1, 0.15) is 45.8 Å². The predicted molar refractivity (Wildman–Crippen MR) is 122 cm³/mol. The number of carbonyl (C=O) groups excluding carboxylic acids is 1. The number of rotatable bonds is 14. The summed E-state index contributed by atoms with van der Waals surface area (Å²) in [6.07, 6.45) is 0.212. The molecular weight excluding hydrogens is 471 g/mol. The van der Waals surface area contributed by atoms with Gasteiger partial charge in [0.2, 0.25) is 0 Å². The Morgan fingerprint density at radius 2 is 2.06 bits per heavy atom. The van der Waals surface area contributed by atoms with Gasteiger partial charge in [0.1, 0.15) is 30.7 Å². The molecule has 34 heavy (non-hydrogen) atoms. The highest BCUT2D eigenvalue weighted by atomic mass is 31.2. The zero-order valence-corrected chi connectivity index (χ0v) is 20.6. The number of nitrogens with zero attached hydrogens (tertiary/aromatic N) is 2. The topological polar surface area (TPSA) is 184 Å². The molecule has 0 radical (unpaired) electrons. The van der Waals surface area contributed by atoms with Crippen LogP contribution in [0, 0.1) is 5.92 Å². The molecule has 1 aromatic heterocycles. The molecule has 0 aromatic carbocycles. The van der Waals surface area contributed by atoms with Gasteiger partial charge in [0.25, 0.3) is 0 Å². The SMILES string of the molecule is CCCC(CCC)C(=O)OCCNP(=O)(O)OC[C@H]1O[C@@H](n2ccc(N)nc2=O)C(OC)C1O. The number of carbonyl (C=O) groups is 1. The Morgan fingerprint density at radius 1 is 1.38 bits per heavy atom. The van der Waals surface area contributed by atoms with Crippen molar-refractivity contribution in [2.45, 2.75) is 64.1 Å². The maximum absolute atomic E-state index is 12.3. The molecule has 194 valence electrons. The van der Waals surface area contributed by atoms with E-state index in [4.69, 9.17) is 24.5 Å². The van der Waals surface area contributed by atoms with Crippen LogP contribution >= 0.6 is 7.75 Å². The van der Waals surface area contributed by atoms with Crippen molar-refractivity contribution in [3.05, 3.63) is 22.7 Å². The number of esters is 1. The van der Waals surface area contributed by atoms with Crippen molar-refractivity contribution in [2.24, 2.45) is 5.92 Å². The number of nitrogens with two attached hydrogens (primary N) is 1. The first kappa shape index (κ1) is 28.4. The van der Waals surface area contributed by atoms with E-state index in [2.05, 4.69) is 10.1 Å². The summed E-state index contributed by atoms with van der Waals surface area (Å²) in [6, 6.07) is 1.39. The summed E-state index contributed by atoms with van der Waals surface area (Å²) in [7, 11) is -2.96. The summed E-state index contributed by atoms with van der Waals surface area (Å²) < 4.78 is 34.5. The van der Waals surface area contributed by atoms with Crippen LogP contribution in [0.2, 0.25) is 0 Å². The van der Waals surface area contributed by atoms with Crippen molar-refractivity contribution >= 4 is 19.5 Å². The summed E-state index contributed by atoms with van der Waals surface area (Å²) in [6.45, 7) is 3.31.